The van der Waals surface area contributed by atoms with Crippen LogP contribution in [0, 0.1) is 11.6 Å². The van der Waals surface area contributed by atoms with E-state index in [0.29, 0.717) is 25.3 Å². The van der Waals surface area contributed by atoms with Crippen LogP contribution in [0.3, 0.4) is 0 Å². The van der Waals surface area contributed by atoms with Crippen molar-refractivity contribution in [3.05, 3.63) is 35.4 Å². The first-order valence-electron chi connectivity index (χ1n) is 6.61. The van der Waals surface area contributed by atoms with Crippen LogP contribution < -0.4 is 5.32 Å². The van der Waals surface area contributed by atoms with Crippen molar-refractivity contribution >= 4 is 0 Å². The molecule has 2 unspecified atom stereocenters. The molecule has 1 fully saturated rings. The Balaban J connectivity index is 2.28. The maximum absolute atomic E-state index is 14.0. The SMILES string of the molecule is CCNCC1OCCN(C)C1c1cccc(F)c1F. The van der Waals surface area contributed by atoms with Gasteiger partial charge in [-0.1, -0.05) is 19.1 Å². The molecule has 1 aromatic rings. The van der Waals surface area contributed by atoms with Gasteiger partial charge in [-0.25, -0.2) is 8.78 Å². The third-order valence-electron chi connectivity index (χ3n) is 3.50. The molecule has 0 bridgehead atoms. The van der Waals surface area contributed by atoms with Gasteiger partial charge in [-0.2, -0.15) is 0 Å². The molecule has 2 atom stereocenters. The first-order valence-corrected chi connectivity index (χ1v) is 6.61. The van der Waals surface area contributed by atoms with Gasteiger partial charge < -0.3 is 10.1 Å². The fourth-order valence-electron chi connectivity index (χ4n) is 2.51. The molecule has 106 valence electrons. The van der Waals surface area contributed by atoms with E-state index in [1.165, 1.54) is 0 Å². The Morgan fingerprint density at radius 1 is 1.42 bits per heavy atom. The molecule has 0 saturated carbocycles. The lowest BCUT2D eigenvalue weighted by atomic mass is 9.97. The Morgan fingerprint density at radius 2 is 2.21 bits per heavy atom. The van der Waals surface area contributed by atoms with Crippen LogP contribution in [0.15, 0.2) is 18.2 Å². The molecule has 1 heterocycles. The Kier molecular flexibility index (Phi) is 4.85. The summed E-state index contributed by atoms with van der Waals surface area (Å²) in [6.07, 6.45) is -0.171. The van der Waals surface area contributed by atoms with Gasteiger partial charge in [0.1, 0.15) is 0 Å². The third kappa shape index (κ3) is 3.11. The summed E-state index contributed by atoms with van der Waals surface area (Å²) in [5.41, 5.74) is 0.366. The average Bonchev–Trinajstić information content (AvgIpc) is 2.40. The summed E-state index contributed by atoms with van der Waals surface area (Å²) in [5, 5.41) is 3.20. The van der Waals surface area contributed by atoms with Crippen molar-refractivity contribution in [3.63, 3.8) is 0 Å². The van der Waals surface area contributed by atoms with Crippen molar-refractivity contribution in [2.24, 2.45) is 0 Å². The Hall–Kier alpha value is -1.04. The predicted octanol–water partition coefficient (Wildman–Crippen LogP) is 1.95. The summed E-state index contributed by atoms with van der Waals surface area (Å²) in [6, 6.07) is 4.05. The number of halogens is 2. The van der Waals surface area contributed by atoms with Gasteiger partial charge in [0, 0.05) is 18.7 Å². The number of hydrogen-bond donors (Lipinski definition) is 1. The van der Waals surface area contributed by atoms with Gasteiger partial charge >= 0.3 is 0 Å². The molecule has 3 nitrogen and oxygen atoms in total. The minimum absolute atomic E-state index is 0.171. The number of hydrogen-bond acceptors (Lipinski definition) is 3. The highest BCUT2D eigenvalue weighted by Gasteiger charge is 2.33. The molecule has 19 heavy (non-hydrogen) atoms. The zero-order valence-electron chi connectivity index (χ0n) is 11.3. The van der Waals surface area contributed by atoms with Crippen LogP contribution >= 0.6 is 0 Å². The minimum Gasteiger partial charge on any atom is -0.374 e. The van der Waals surface area contributed by atoms with Crippen LogP contribution in [-0.2, 0) is 4.74 Å². The maximum atomic E-state index is 14.0. The zero-order chi connectivity index (χ0) is 13.8. The van der Waals surface area contributed by atoms with Crippen LogP contribution in [0.2, 0.25) is 0 Å². The molecular formula is C14H20F2N2O. The molecule has 1 aliphatic rings. The quantitative estimate of drug-likeness (QED) is 0.905. The summed E-state index contributed by atoms with van der Waals surface area (Å²) in [7, 11) is 1.91. The smallest absolute Gasteiger partial charge is 0.163 e. The average molecular weight is 270 g/mol. The maximum Gasteiger partial charge on any atom is 0.163 e. The molecule has 0 aromatic heterocycles. The minimum atomic E-state index is -0.807. The van der Waals surface area contributed by atoms with E-state index in [2.05, 4.69) is 5.32 Å². The number of nitrogens with one attached hydrogen (secondary N) is 1. The highest BCUT2D eigenvalue weighted by atomic mass is 19.2. The van der Waals surface area contributed by atoms with Crippen molar-refractivity contribution < 1.29 is 13.5 Å². The van der Waals surface area contributed by atoms with Crippen molar-refractivity contribution in [2.75, 3.05) is 33.3 Å². The lowest BCUT2D eigenvalue weighted by Gasteiger charge is -2.39. The Labute approximate surface area is 112 Å². The van der Waals surface area contributed by atoms with Gasteiger partial charge in [0.05, 0.1) is 18.8 Å². The van der Waals surface area contributed by atoms with E-state index in [-0.39, 0.29) is 12.1 Å². The highest BCUT2D eigenvalue weighted by molar-refractivity contribution is 5.24. The number of nitrogens with zero attached hydrogens (tertiary/aromatic N) is 1. The topological polar surface area (TPSA) is 24.5 Å². The second kappa shape index (κ2) is 6.41. The summed E-state index contributed by atoms with van der Waals surface area (Å²) in [6.45, 7) is 4.77. The fourth-order valence-corrected chi connectivity index (χ4v) is 2.51. The Bertz CT molecular complexity index is 428. The molecule has 0 radical (unpaired) electrons. The van der Waals surface area contributed by atoms with Crippen molar-refractivity contribution in [2.45, 2.75) is 19.1 Å². The van der Waals surface area contributed by atoms with E-state index < -0.39 is 11.6 Å². The van der Waals surface area contributed by atoms with Crippen LogP contribution in [0.5, 0.6) is 0 Å². The Morgan fingerprint density at radius 3 is 2.95 bits per heavy atom. The molecule has 0 spiro atoms. The van der Waals surface area contributed by atoms with E-state index in [9.17, 15) is 8.78 Å². The van der Waals surface area contributed by atoms with E-state index in [0.717, 1.165) is 12.6 Å². The second-order valence-corrected chi connectivity index (χ2v) is 4.79. The number of likely N-dealkylation sites (N-methyl/N-ethyl adjacent to an activating group) is 2. The molecule has 1 aliphatic heterocycles. The van der Waals surface area contributed by atoms with Crippen molar-refractivity contribution in [1.82, 2.24) is 10.2 Å². The number of rotatable bonds is 4. The lowest BCUT2D eigenvalue weighted by molar-refractivity contribution is -0.0623. The van der Waals surface area contributed by atoms with Gasteiger partial charge in [-0.3, -0.25) is 4.90 Å². The van der Waals surface area contributed by atoms with Gasteiger partial charge in [0.25, 0.3) is 0 Å². The van der Waals surface area contributed by atoms with E-state index in [4.69, 9.17) is 4.74 Å². The molecule has 1 saturated heterocycles. The largest absolute Gasteiger partial charge is 0.374 e. The third-order valence-corrected chi connectivity index (χ3v) is 3.50. The van der Waals surface area contributed by atoms with Crippen LogP contribution in [0.4, 0.5) is 8.78 Å². The first-order chi connectivity index (χ1) is 9.15. The molecule has 2 rings (SSSR count). The van der Waals surface area contributed by atoms with Gasteiger partial charge in [-0.05, 0) is 19.7 Å². The molecule has 0 aliphatic carbocycles. The molecule has 1 aromatic carbocycles. The predicted molar refractivity (Wildman–Crippen MR) is 70.0 cm³/mol. The van der Waals surface area contributed by atoms with Crippen molar-refractivity contribution in [3.8, 4) is 0 Å². The molecule has 1 N–H and O–H groups in total. The molecule has 5 heteroatoms. The van der Waals surface area contributed by atoms with Gasteiger partial charge in [-0.15, -0.1) is 0 Å². The zero-order valence-corrected chi connectivity index (χ0v) is 11.3. The number of benzene rings is 1. The van der Waals surface area contributed by atoms with E-state index in [1.807, 2.05) is 18.9 Å². The monoisotopic (exact) mass is 270 g/mol. The lowest BCUT2D eigenvalue weighted by Crippen LogP contribution is -2.47. The van der Waals surface area contributed by atoms with Crippen LogP contribution in [-0.4, -0.2) is 44.3 Å². The van der Waals surface area contributed by atoms with Crippen LogP contribution in [0.1, 0.15) is 18.5 Å². The standard InChI is InChI=1S/C14H20F2N2O/c1-3-17-9-12-14(18(2)7-8-19-12)10-5-4-6-11(15)13(10)16/h4-6,12,14,17H,3,7-9H2,1-2H3. The fraction of sp³-hybridized carbons (Fsp3) is 0.571. The highest BCUT2D eigenvalue weighted by Crippen LogP contribution is 2.30. The normalized spacial score (nSPS) is 24.6. The first kappa shape index (κ1) is 14.4. The summed E-state index contributed by atoms with van der Waals surface area (Å²) < 4.78 is 33.1. The van der Waals surface area contributed by atoms with Crippen LogP contribution in [0.25, 0.3) is 0 Å². The summed E-state index contributed by atoms with van der Waals surface area (Å²) >= 11 is 0. The number of ether oxygens (including phenoxy) is 1. The van der Waals surface area contributed by atoms with E-state index >= 15 is 0 Å². The molecule has 0 amide bonds. The second-order valence-electron chi connectivity index (χ2n) is 4.79. The summed E-state index contributed by atoms with van der Waals surface area (Å²) in [5.74, 6) is -1.58. The van der Waals surface area contributed by atoms with Gasteiger partial charge in [0.2, 0.25) is 0 Å². The van der Waals surface area contributed by atoms with E-state index in [1.54, 1.807) is 12.1 Å². The molecular weight excluding hydrogens is 250 g/mol. The number of morpholine rings is 1. The van der Waals surface area contributed by atoms with Crippen molar-refractivity contribution in [1.29, 1.82) is 0 Å². The van der Waals surface area contributed by atoms with Gasteiger partial charge in [0.15, 0.2) is 11.6 Å². The summed E-state index contributed by atoms with van der Waals surface area (Å²) in [4.78, 5) is 2.02.